The minimum absolute atomic E-state index is 0.0381. The zero-order valence-corrected chi connectivity index (χ0v) is 16.1. The maximum atomic E-state index is 12.6. The van der Waals surface area contributed by atoms with Crippen molar-refractivity contribution >= 4 is 23.8 Å². The van der Waals surface area contributed by atoms with Crippen molar-refractivity contribution in [2.75, 3.05) is 0 Å². The highest BCUT2D eigenvalue weighted by Crippen LogP contribution is 2.08. The summed E-state index contributed by atoms with van der Waals surface area (Å²) < 4.78 is 0. The second kappa shape index (κ2) is 11.0. The van der Waals surface area contributed by atoms with Gasteiger partial charge in [0.05, 0.1) is 0 Å². The molecule has 7 N–H and O–H groups in total. The van der Waals surface area contributed by atoms with Gasteiger partial charge in [-0.15, -0.1) is 0 Å². The molecular weight excluding hydrogens is 366 g/mol. The summed E-state index contributed by atoms with van der Waals surface area (Å²) in [6.07, 6.45) is -0.0934. The lowest BCUT2D eigenvalue weighted by Gasteiger charge is -2.23. The molecule has 0 aliphatic rings. The molecule has 2 amide bonds. The van der Waals surface area contributed by atoms with Crippen LogP contribution in [0.15, 0.2) is 30.3 Å². The Labute approximate surface area is 163 Å². The van der Waals surface area contributed by atoms with Gasteiger partial charge in [0.2, 0.25) is 5.91 Å². The smallest absolute Gasteiger partial charge is 0.326 e. The van der Waals surface area contributed by atoms with E-state index in [1.54, 1.807) is 30.3 Å². The third kappa shape index (κ3) is 8.17. The number of carbonyl (C=O) groups is 4. The molecule has 9 heteroatoms. The van der Waals surface area contributed by atoms with Crippen LogP contribution in [0.4, 0.5) is 0 Å². The van der Waals surface area contributed by atoms with Gasteiger partial charge in [-0.1, -0.05) is 44.2 Å². The van der Waals surface area contributed by atoms with E-state index in [0.717, 1.165) is 5.56 Å². The Kier molecular flexibility index (Phi) is 9.10. The number of amides is 2. The lowest BCUT2D eigenvalue weighted by atomic mass is 10.0. The van der Waals surface area contributed by atoms with E-state index in [4.69, 9.17) is 5.11 Å². The summed E-state index contributed by atoms with van der Waals surface area (Å²) in [5.41, 5.74) is 4.24. The highest BCUT2D eigenvalue weighted by atomic mass is 16.4. The standard InChI is InChI=1S/C19H27N3O6/c1-11(2)8-14(21-17(25)13(20)10-16(23)24)18(26)22-15(19(27)28)9-12-6-4-3-5-7-12/h3-7,11,13-15H,8-10,20H2,1-2H3,(H,21,25)(H,22,26)(H,23,24)(H,27,28)/p+1/t13-,14-,15-/m0/s1. The molecule has 3 atom stereocenters. The lowest BCUT2D eigenvalue weighted by Crippen LogP contribution is -2.69. The lowest BCUT2D eigenvalue weighted by molar-refractivity contribution is -0.403. The Hall–Kier alpha value is -2.94. The van der Waals surface area contributed by atoms with Gasteiger partial charge in [0.15, 0.2) is 6.04 Å². The molecule has 0 aliphatic heterocycles. The Balaban J connectivity index is 2.84. The van der Waals surface area contributed by atoms with Crippen molar-refractivity contribution in [1.82, 2.24) is 10.6 Å². The number of aliphatic carboxylic acids is 2. The fraction of sp³-hybridized carbons (Fsp3) is 0.474. The van der Waals surface area contributed by atoms with E-state index >= 15 is 0 Å². The number of carboxylic acid groups (broad SMARTS) is 2. The fourth-order valence-electron chi connectivity index (χ4n) is 2.62. The van der Waals surface area contributed by atoms with Gasteiger partial charge in [-0.2, -0.15) is 0 Å². The molecule has 28 heavy (non-hydrogen) atoms. The zero-order chi connectivity index (χ0) is 21.3. The van der Waals surface area contributed by atoms with Crippen molar-refractivity contribution in [2.24, 2.45) is 5.92 Å². The second-order valence-corrected chi connectivity index (χ2v) is 7.07. The third-order valence-electron chi connectivity index (χ3n) is 4.03. The Morgan fingerprint density at radius 1 is 0.964 bits per heavy atom. The summed E-state index contributed by atoms with van der Waals surface area (Å²) in [7, 11) is 0. The average molecular weight is 394 g/mol. The Morgan fingerprint density at radius 3 is 2.04 bits per heavy atom. The van der Waals surface area contributed by atoms with Crippen LogP contribution in [0.25, 0.3) is 0 Å². The van der Waals surface area contributed by atoms with Crippen molar-refractivity contribution in [3.05, 3.63) is 35.9 Å². The maximum Gasteiger partial charge on any atom is 0.326 e. The molecule has 154 valence electrons. The number of carboxylic acids is 2. The second-order valence-electron chi connectivity index (χ2n) is 7.07. The monoisotopic (exact) mass is 394 g/mol. The SMILES string of the molecule is CC(C)C[C@H](NC(=O)[C@@H]([NH3+])CC(=O)O)C(=O)N[C@@H](Cc1ccccc1)C(=O)O. The van der Waals surface area contributed by atoms with Gasteiger partial charge >= 0.3 is 11.9 Å². The number of nitrogens with one attached hydrogen (secondary N) is 2. The molecule has 0 bridgehead atoms. The first-order chi connectivity index (χ1) is 13.1. The highest BCUT2D eigenvalue weighted by Gasteiger charge is 2.30. The number of hydrogen-bond acceptors (Lipinski definition) is 4. The van der Waals surface area contributed by atoms with Gasteiger partial charge in [0.1, 0.15) is 18.5 Å². The number of carbonyl (C=O) groups excluding carboxylic acids is 2. The maximum absolute atomic E-state index is 12.6. The molecule has 0 saturated carbocycles. The van der Waals surface area contributed by atoms with E-state index in [0.29, 0.717) is 0 Å². The van der Waals surface area contributed by atoms with Gasteiger partial charge in [0.25, 0.3) is 5.91 Å². The Bertz CT molecular complexity index is 692. The normalized spacial score (nSPS) is 14.0. The molecule has 0 saturated heterocycles. The predicted molar refractivity (Wildman–Crippen MR) is 100 cm³/mol. The first-order valence-corrected chi connectivity index (χ1v) is 9.02. The minimum atomic E-state index is -1.19. The van der Waals surface area contributed by atoms with Crippen LogP contribution in [-0.4, -0.2) is 52.1 Å². The van der Waals surface area contributed by atoms with E-state index in [9.17, 15) is 24.3 Å². The molecule has 1 aromatic rings. The van der Waals surface area contributed by atoms with E-state index in [-0.39, 0.29) is 18.8 Å². The highest BCUT2D eigenvalue weighted by molar-refractivity contribution is 5.92. The Morgan fingerprint density at radius 2 is 1.54 bits per heavy atom. The van der Waals surface area contributed by atoms with Crippen LogP contribution in [0.2, 0.25) is 0 Å². The van der Waals surface area contributed by atoms with E-state index < -0.39 is 48.3 Å². The van der Waals surface area contributed by atoms with Crippen molar-refractivity contribution in [3.63, 3.8) is 0 Å². The first kappa shape index (κ1) is 23.1. The molecule has 9 nitrogen and oxygen atoms in total. The summed E-state index contributed by atoms with van der Waals surface area (Å²) in [6, 6.07) is 5.67. The van der Waals surface area contributed by atoms with Crippen LogP contribution in [-0.2, 0) is 25.6 Å². The number of benzene rings is 1. The van der Waals surface area contributed by atoms with Crippen LogP contribution in [0.5, 0.6) is 0 Å². The summed E-state index contributed by atoms with van der Waals surface area (Å²) in [5, 5.41) is 23.2. The summed E-state index contributed by atoms with van der Waals surface area (Å²) in [4.78, 5) is 47.1. The van der Waals surface area contributed by atoms with Crippen LogP contribution >= 0.6 is 0 Å². The van der Waals surface area contributed by atoms with Crippen molar-refractivity contribution < 1.29 is 35.1 Å². The zero-order valence-electron chi connectivity index (χ0n) is 16.1. The summed E-state index contributed by atoms with van der Waals surface area (Å²) >= 11 is 0. The molecule has 0 aliphatic carbocycles. The van der Waals surface area contributed by atoms with Gasteiger partial charge in [-0.3, -0.25) is 14.4 Å². The van der Waals surface area contributed by atoms with E-state index in [1.807, 2.05) is 13.8 Å². The van der Waals surface area contributed by atoms with Crippen LogP contribution in [0.1, 0.15) is 32.3 Å². The number of quaternary nitrogens is 1. The fourth-order valence-corrected chi connectivity index (χ4v) is 2.62. The van der Waals surface area contributed by atoms with Gasteiger partial charge in [-0.25, -0.2) is 4.79 Å². The summed E-state index contributed by atoms with van der Waals surface area (Å²) in [5.74, 6) is -3.62. The topological polar surface area (TPSA) is 160 Å². The molecule has 0 fully saturated rings. The van der Waals surface area contributed by atoms with E-state index in [1.165, 1.54) is 0 Å². The molecule has 1 rings (SSSR count). The van der Waals surface area contributed by atoms with Crippen LogP contribution in [0, 0.1) is 5.92 Å². The molecule has 1 aromatic carbocycles. The van der Waals surface area contributed by atoms with Crippen molar-refractivity contribution in [2.45, 2.75) is 51.2 Å². The number of hydrogen-bond donors (Lipinski definition) is 5. The van der Waals surface area contributed by atoms with Gasteiger partial charge < -0.3 is 26.6 Å². The predicted octanol–water partition coefficient (Wildman–Crippen LogP) is -0.585. The van der Waals surface area contributed by atoms with Gasteiger partial charge in [-0.05, 0) is 17.9 Å². The van der Waals surface area contributed by atoms with Crippen molar-refractivity contribution in [1.29, 1.82) is 0 Å². The quantitative estimate of drug-likeness (QED) is 0.337. The van der Waals surface area contributed by atoms with Gasteiger partial charge in [0, 0.05) is 6.42 Å². The third-order valence-corrected chi connectivity index (χ3v) is 4.03. The molecule has 0 radical (unpaired) electrons. The summed E-state index contributed by atoms with van der Waals surface area (Å²) in [6.45, 7) is 3.70. The van der Waals surface area contributed by atoms with Crippen LogP contribution < -0.4 is 16.4 Å². The minimum Gasteiger partial charge on any atom is -0.481 e. The molecule has 0 aromatic heterocycles. The molecule has 0 spiro atoms. The van der Waals surface area contributed by atoms with Crippen molar-refractivity contribution in [3.8, 4) is 0 Å². The largest absolute Gasteiger partial charge is 0.481 e. The number of rotatable bonds is 11. The van der Waals surface area contributed by atoms with E-state index in [2.05, 4.69) is 16.4 Å². The first-order valence-electron chi connectivity index (χ1n) is 9.02. The molecule has 0 heterocycles. The molecular formula is C19H28N3O6+. The van der Waals surface area contributed by atoms with Crippen LogP contribution in [0.3, 0.4) is 0 Å². The molecule has 0 unspecified atom stereocenters. The average Bonchev–Trinajstić information content (AvgIpc) is 2.60.